The van der Waals surface area contributed by atoms with Crippen molar-refractivity contribution >= 4 is 11.8 Å². The molecule has 1 N–H and O–H groups in total. The average molecular weight is 273 g/mol. The van der Waals surface area contributed by atoms with Crippen molar-refractivity contribution in [3.05, 3.63) is 47.3 Å². The van der Waals surface area contributed by atoms with Gasteiger partial charge in [0.05, 0.1) is 11.8 Å². The molecule has 0 bridgehead atoms. The molecule has 1 atom stereocenters. The molecule has 0 spiro atoms. The molecule has 1 aliphatic rings. The van der Waals surface area contributed by atoms with Crippen LogP contribution in [-0.4, -0.2) is 15.9 Å². The molecule has 0 amide bonds. The van der Waals surface area contributed by atoms with Gasteiger partial charge in [0.2, 0.25) is 0 Å². The first-order valence-electron chi connectivity index (χ1n) is 6.75. The lowest BCUT2D eigenvalue weighted by Crippen LogP contribution is -2.12. The Balaban J connectivity index is 2.20. The molecule has 2 aromatic rings. The van der Waals surface area contributed by atoms with Gasteiger partial charge in [0.15, 0.2) is 0 Å². The zero-order valence-corrected chi connectivity index (χ0v) is 12.2. The van der Waals surface area contributed by atoms with Crippen LogP contribution in [0.15, 0.2) is 35.2 Å². The van der Waals surface area contributed by atoms with E-state index < -0.39 is 0 Å². The van der Waals surface area contributed by atoms with E-state index in [9.17, 15) is 5.11 Å². The maximum absolute atomic E-state index is 10.2. The molecule has 1 unspecified atom stereocenters. The first-order chi connectivity index (χ1) is 9.22. The second kappa shape index (κ2) is 5.06. The van der Waals surface area contributed by atoms with Crippen LogP contribution in [0.1, 0.15) is 35.9 Å². The van der Waals surface area contributed by atoms with E-state index in [2.05, 4.69) is 48.1 Å². The van der Waals surface area contributed by atoms with E-state index in [1.165, 1.54) is 22.0 Å². The van der Waals surface area contributed by atoms with Gasteiger partial charge < -0.3 is 9.67 Å². The lowest BCUT2D eigenvalue weighted by Gasteiger charge is -2.21. The molecule has 3 rings (SSSR count). The van der Waals surface area contributed by atoms with Crippen LogP contribution in [0.2, 0.25) is 0 Å². The number of aliphatic hydroxyl groups is 1. The summed E-state index contributed by atoms with van der Waals surface area (Å²) in [5.41, 5.74) is 4.87. The fourth-order valence-electron chi connectivity index (χ4n) is 3.03. The normalized spacial score (nSPS) is 18.4. The van der Waals surface area contributed by atoms with Crippen molar-refractivity contribution in [1.29, 1.82) is 0 Å². The van der Waals surface area contributed by atoms with Gasteiger partial charge in [0.1, 0.15) is 0 Å². The zero-order chi connectivity index (χ0) is 13.4. The molecule has 19 heavy (non-hydrogen) atoms. The van der Waals surface area contributed by atoms with Crippen molar-refractivity contribution in [2.75, 3.05) is 6.26 Å². The van der Waals surface area contributed by atoms with Crippen molar-refractivity contribution in [2.24, 2.45) is 0 Å². The molecule has 1 aliphatic carbocycles. The Morgan fingerprint density at radius 2 is 2.11 bits per heavy atom. The minimum Gasteiger partial charge on any atom is -0.388 e. The van der Waals surface area contributed by atoms with Crippen LogP contribution >= 0.6 is 11.8 Å². The summed E-state index contributed by atoms with van der Waals surface area (Å²) in [5.74, 6) is 0. The molecule has 100 valence electrons. The summed E-state index contributed by atoms with van der Waals surface area (Å²) in [5, 5.41) is 10.2. The van der Waals surface area contributed by atoms with Gasteiger partial charge in [-0.05, 0) is 50.6 Å². The highest BCUT2D eigenvalue weighted by Crippen LogP contribution is 2.36. The van der Waals surface area contributed by atoms with E-state index in [0.717, 1.165) is 24.8 Å². The van der Waals surface area contributed by atoms with Gasteiger partial charge in [-0.2, -0.15) is 0 Å². The molecule has 0 fully saturated rings. The summed E-state index contributed by atoms with van der Waals surface area (Å²) in [4.78, 5) is 1.28. The third-order valence-electron chi connectivity index (χ3n) is 3.90. The van der Waals surface area contributed by atoms with E-state index in [4.69, 9.17) is 0 Å². The first-order valence-corrected chi connectivity index (χ1v) is 7.97. The van der Waals surface area contributed by atoms with Crippen molar-refractivity contribution in [1.82, 2.24) is 4.57 Å². The number of hydrogen-bond donors (Lipinski definition) is 1. The molecular weight excluding hydrogens is 254 g/mol. The highest BCUT2D eigenvalue weighted by Gasteiger charge is 2.24. The summed E-state index contributed by atoms with van der Waals surface area (Å²) < 4.78 is 2.32. The van der Waals surface area contributed by atoms with E-state index in [1.807, 2.05) is 0 Å². The standard InChI is InChI=1S/C16H19NOS/c1-11-10-12-13(7-5-8-15(12)18)17(11)14-6-3-4-9-16(14)19-2/h3-4,6,9-10,15,18H,5,7-8H2,1-2H3. The van der Waals surface area contributed by atoms with Crippen LogP contribution in [0.5, 0.6) is 0 Å². The lowest BCUT2D eigenvalue weighted by atomic mass is 9.95. The van der Waals surface area contributed by atoms with Gasteiger partial charge in [-0.3, -0.25) is 0 Å². The summed E-state index contributed by atoms with van der Waals surface area (Å²) in [6.07, 6.45) is 4.84. The number of aromatic nitrogens is 1. The summed E-state index contributed by atoms with van der Waals surface area (Å²) in [6, 6.07) is 10.6. The fourth-order valence-corrected chi connectivity index (χ4v) is 3.61. The fraction of sp³-hybridized carbons (Fsp3) is 0.375. The Kier molecular flexibility index (Phi) is 3.42. The minimum atomic E-state index is -0.287. The molecule has 1 aromatic carbocycles. The van der Waals surface area contributed by atoms with Gasteiger partial charge in [-0.25, -0.2) is 0 Å². The molecule has 0 radical (unpaired) electrons. The summed E-state index contributed by atoms with van der Waals surface area (Å²) in [7, 11) is 0. The number of rotatable bonds is 2. The van der Waals surface area contributed by atoms with E-state index >= 15 is 0 Å². The van der Waals surface area contributed by atoms with E-state index in [1.54, 1.807) is 11.8 Å². The van der Waals surface area contributed by atoms with Crippen LogP contribution in [-0.2, 0) is 6.42 Å². The second-order valence-corrected chi connectivity index (χ2v) is 5.95. The molecule has 3 heteroatoms. The third kappa shape index (κ3) is 2.11. The molecule has 1 aromatic heterocycles. The Bertz CT molecular complexity index is 603. The lowest BCUT2D eigenvalue weighted by molar-refractivity contribution is 0.156. The Morgan fingerprint density at radius 3 is 2.89 bits per heavy atom. The van der Waals surface area contributed by atoms with Crippen LogP contribution in [0, 0.1) is 6.92 Å². The molecule has 1 heterocycles. The van der Waals surface area contributed by atoms with Crippen LogP contribution in [0.3, 0.4) is 0 Å². The van der Waals surface area contributed by atoms with Gasteiger partial charge in [-0.15, -0.1) is 11.8 Å². The van der Waals surface area contributed by atoms with Crippen LogP contribution in [0.4, 0.5) is 0 Å². The number of aryl methyl sites for hydroxylation is 1. The van der Waals surface area contributed by atoms with Gasteiger partial charge in [0, 0.05) is 21.8 Å². The summed E-state index contributed by atoms with van der Waals surface area (Å²) in [6.45, 7) is 2.13. The molecular formula is C16H19NOS. The molecule has 0 aliphatic heterocycles. The Morgan fingerprint density at radius 1 is 1.32 bits per heavy atom. The Labute approximate surface area is 118 Å². The van der Waals surface area contributed by atoms with Crippen molar-refractivity contribution in [3.8, 4) is 5.69 Å². The number of hydrogen-bond acceptors (Lipinski definition) is 2. The highest BCUT2D eigenvalue weighted by atomic mass is 32.2. The van der Waals surface area contributed by atoms with Crippen molar-refractivity contribution in [3.63, 3.8) is 0 Å². The van der Waals surface area contributed by atoms with Gasteiger partial charge in [-0.1, -0.05) is 12.1 Å². The number of benzene rings is 1. The quantitative estimate of drug-likeness (QED) is 0.840. The smallest absolute Gasteiger partial charge is 0.0807 e. The predicted molar refractivity (Wildman–Crippen MR) is 80.2 cm³/mol. The highest BCUT2D eigenvalue weighted by molar-refractivity contribution is 7.98. The maximum atomic E-state index is 10.2. The van der Waals surface area contributed by atoms with E-state index in [0.29, 0.717) is 0 Å². The number of para-hydroxylation sites is 1. The minimum absolute atomic E-state index is 0.287. The largest absolute Gasteiger partial charge is 0.388 e. The first kappa shape index (κ1) is 12.8. The molecule has 0 saturated carbocycles. The zero-order valence-electron chi connectivity index (χ0n) is 11.4. The topological polar surface area (TPSA) is 25.2 Å². The SMILES string of the molecule is CSc1ccccc1-n1c(C)cc2c1CCCC2O. The van der Waals surface area contributed by atoms with Gasteiger partial charge in [0.25, 0.3) is 0 Å². The van der Waals surface area contributed by atoms with Gasteiger partial charge >= 0.3 is 0 Å². The van der Waals surface area contributed by atoms with E-state index in [-0.39, 0.29) is 6.10 Å². The number of aliphatic hydroxyl groups excluding tert-OH is 1. The molecule has 0 saturated heterocycles. The summed E-state index contributed by atoms with van der Waals surface area (Å²) >= 11 is 1.77. The van der Waals surface area contributed by atoms with Crippen molar-refractivity contribution in [2.45, 2.75) is 37.2 Å². The third-order valence-corrected chi connectivity index (χ3v) is 4.68. The number of fused-ring (bicyclic) bond motifs is 1. The molecule has 2 nitrogen and oxygen atoms in total. The number of thioether (sulfide) groups is 1. The average Bonchev–Trinajstić information content (AvgIpc) is 2.76. The monoisotopic (exact) mass is 273 g/mol. The second-order valence-electron chi connectivity index (χ2n) is 5.10. The Hall–Kier alpha value is -1.19. The number of nitrogens with zero attached hydrogens (tertiary/aromatic N) is 1. The maximum Gasteiger partial charge on any atom is 0.0807 e. The van der Waals surface area contributed by atoms with Crippen molar-refractivity contribution < 1.29 is 5.11 Å². The van der Waals surface area contributed by atoms with Crippen LogP contribution < -0.4 is 0 Å². The van der Waals surface area contributed by atoms with Crippen LogP contribution in [0.25, 0.3) is 5.69 Å². The predicted octanol–water partition coefficient (Wildman–Crippen LogP) is 3.88.